The minimum Gasteiger partial charge on any atom is -0.506 e. The molecule has 0 bridgehead atoms. The molecule has 1 aliphatic carbocycles. The first-order valence-electron chi connectivity index (χ1n) is 8.76. The summed E-state index contributed by atoms with van der Waals surface area (Å²) in [6.07, 6.45) is 6.20. The number of amides is 1. The number of hydrogen-bond acceptors (Lipinski definition) is 4. The molecule has 130 valence electrons. The van der Waals surface area contributed by atoms with Crippen LogP contribution in [0.5, 0.6) is 5.75 Å². The highest BCUT2D eigenvalue weighted by atomic mass is 32.1. The molecule has 1 aliphatic rings. The van der Waals surface area contributed by atoms with Gasteiger partial charge < -0.3 is 15.4 Å². The van der Waals surface area contributed by atoms with E-state index in [0.717, 1.165) is 4.88 Å². The molecule has 0 atom stereocenters. The van der Waals surface area contributed by atoms with Crippen molar-refractivity contribution in [2.75, 3.05) is 6.54 Å². The van der Waals surface area contributed by atoms with Crippen molar-refractivity contribution in [1.82, 2.24) is 15.3 Å². The summed E-state index contributed by atoms with van der Waals surface area (Å²) in [5.74, 6) is 1.23. The summed E-state index contributed by atoms with van der Waals surface area (Å²) in [5, 5.41) is 15.1. The van der Waals surface area contributed by atoms with E-state index in [9.17, 15) is 9.90 Å². The molecule has 1 amide bonds. The number of nitrogens with zero attached hydrogens (tertiary/aromatic N) is 1. The highest BCUT2D eigenvalue weighted by Gasteiger charge is 2.19. The maximum absolute atomic E-state index is 12.7. The van der Waals surface area contributed by atoms with Crippen LogP contribution >= 0.6 is 11.3 Å². The van der Waals surface area contributed by atoms with Crippen LogP contribution in [0.4, 0.5) is 0 Å². The predicted octanol–water partition coefficient (Wildman–Crippen LogP) is 4.31. The van der Waals surface area contributed by atoms with E-state index in [-0.39, 0.29) is 11.7 Å². The number of H-pyrrole nitrogens is 1. The Morgan fingerprint density at radius 2 is 2.12 bits per heavy atom. The molecule has 1 fully saturated rings. The molecule has 2 heterocycles. The number of fused-ring (bicyclic) bond motifs is 1. The minimum atomic E-state index is -0.125. The van der Waals surface area contributed by atoms with Gasteiger partial charge in [0.15, 0.2) is 0 Å². The number of aromatic hydroxyl groups is 1. The van der Waals surface area contributed by atoms with Crippen molar-refractivity contribution in [2.24, 2.45) is 5.92 Å². The lowest BCUT2D eigenvalue weighted by molar-refractivity contribution is 0.0945. The van der Waals surface area contributed by atoms with Gasteiger partial charge in [-0.3, -0.25) is 4.79 Å². The van der Waals surface area contributed by atoms with Crippen LogP contribution in [0.1, 0.15) is 42.5 Å². The SMILES string of the molecule is O=C(NCC1CCCCC1)c1ccc(O)c2[nH]c(-c3cccs3)nc12. The van der Waals surface area contributed by atoms with Gasteiger partial charge in [-0.05, 0) is 42.3 Å². The number of hydrogen-bond donors (Lipinski definition) is 3. The summed E-state index contributed by atoms with van der Waals surface area (Å²) in [6, 6.07) is 7.11. The van der Waals surface area contributed by atoms with Gasteiger partial charge in [-0.1, -0.05) is 25.3 Å². The molecule has 1 aromatic carbocycles. The zero-order valence-corrected chi connectivity index (χ0v) is 14.7. The van der Waals surface area contributed by atoms with Crippen LogP contribution in [0.15, 0.2) is 29.6 Å². The number of phenolic OH excluding ortho intramolecular Hbond substituents is 1. The summed E-state index contributed by atoms with van der Waals surface area (Å²) in [6.45, 7) is 0.712. The van der Waals surface area contributed by atoms with Crippen LogP contribution in [0.25, 0.3) is 21.7 Å². The first kappa shape index (κ1) is 16.1. The smallest absolute Gasteiger partial charge is 0.253 e. The van der Waals surface area contributed by atoms with Crippen LogP contribution in [-0.4, -0.2) is 27.5 Å². The van der Waals surface area contributed by atoms with Crippen LogP contribution < -0.4 is 5.32 Å². The Morgan fingerprint density at radius 1 is 1.28 bits per heavy atom. The van der Waals surface area contributed by atoms with Gasteiger partial charge in [0.25, 0.3) is 5.91 Å². The Balaban J connectivity index is 1.60. The largest absolute Gasteiger partial charge is 0.506 e. The number of carbonyl (C=O) groups is 1. The van der Waals surface area contributed by atoms with E-state index < -0.39 is 0 Å². The fraction of sp³-hybridized carbons (Fsp3) is 0.368. The second-order valence-corrected chi connectivity index (χ2v) is 7.58. The van der Waals surface area contributed by atoms with E-state index in [0.29, 0.717) is 34.9 Å². The number of aromatic amines is 1. The van der Waals surface area contributed by atoms with Crippen molar-refractivity contribution in [1.29, 1.82) is 0 Å². The molecule has 5 nitrogen and oxygen atoms in total. The molecule has 3 N–H and O–H groups in total. The molecule has 0 saturated heterocycles. The lowest BCUT2D eigenvalue weighted by atomic mass is 9.89. The van der Waals surface area contributed by atoms with Crippen molar-refractivity contribution in [3.63, 3.8) is 0 Å². The lowest BCUT2D eigenvalue weighted by Crippen LogP contribution is -2.30. The zero-order chi connectivity index (χ0) is 17.2. The number of phenols is 1. The number of aromatic nitrogens is 2. The Morgan fingerprint density at radius 3 is 2.88 bits per heavy atom. The summed E-state index contributed by atoms with van der Waals surface area (Å²) in [7, 11) is 0. The predicted molar refractivity (Wildman–Crippen MR) is 100.0 cm³/mol. The molecule has 0 radical (unpaired) electrons. The molecule has 1 saturated carbocycles. The van der Waals surface area contributed by atoms with E-state index in [4.69, 9.17) is 0 Å². The minimum absolute atomic E-state index is 0.106. The fourth-order valence-electron chi connectivity index (χ4n) is 3.51. The fourth-order valence-corrected chi connectivity index (χ4v) is 4.18. The lowest BCUT2D eigenvalue weighted by Gasteiger charge is -2.21. The van der Waals surface area contributed by atoms with Crippen molar-refractivity contribution in [3.8, 4) is 16.5 Å². The number of imidazole rings is 1. The summed E-state index contributed by atoms with van der Waals surface area (Å²) in [4.78, 5) is 21.3. The van der Waals surface area contributed by atoms with Crippen molar-refractivity contribution in [2.45, 2.75) is 32.1 Å². The molecule has 0 unspecified atom stereocenters. The Kier molecular flexibility index (Phi) is 4.44. The number of thiophene rings is 1. The van der Waals surface area contributed by atoms with Crippen molar-refractivity contribution in [3.05, 3.63) is 35.2 Å². The van der Waals surface area contributed by atoms with E-state index in [1.807, 2.05) is 17.5 Å². The summed E-state index contributed by atoms with van der Waals surface area (Å²) >= 11 is 1.56. The molecular weight excluding hydrogens is 334 g/mol. The number of rotatable bonds is 4. The third-order valence-corrected chi connectivity index (χ3v) is 5.77. The van der Waals surface area contributed by atoms with Gasteiger partial charge in [-0.25, -0.2) is 4.98 Å². The topological polar surface area (TPSA) is 78.0 Å². The monoisotopic (exact) mass is 355 g/mol. The normalized spacial score (nSPS) is 15.5. The molecule has 4 rings (SSSR count). The zero-order valence-electron chi connectivity index (χ0n) is 13.9. The number of benzene rings is 1. The van der Waals surface area contributed by atoms with Crippen LogP contribution in [0.3, 0.4) is 0 Å². The summed E-state index contributed by atoms with van der Waals surface area (Å²) < 4.78 is 0. The highest BCUT2D eigenvalue weighted by Crippen LogP contribution is 2.31. The van der Waals surface area contributed by atoms with Gasteiger partial charge in [0.1, 0.15) is 22.6 Å². The Labute approximate surface area is 150 Å². The van der Waals surface area contributed by atoms with Gasteiger partial charge >= 0.3 is 0 Å². The van der Waals surface area contributed by atoms with Crippen molar-refractivity contribution < 1.29 is 9.90 Å². The summed E-state index contributed by atoms with van der Waals surface area (Å²) in [5.41, 5.74) is 1.53. The standard InChI is InChI=1S/C19H21N3O2S/c23-14-9-8-13(19(24)20-11-12-5-2-1-3-6-12)16-17(14)22-18(21-16)15-7-4-10-25-15/h4,7-10,12,23H,1-3,5-6,11H2,(H,20,24)(H,21,22). The molecule has 3 aromatic rings. The van der Waals surface area contributed by atoms with E-state index in [2.05, 4.69) is 15.3 Å². The highest BCUT2D eigenvalue weighted by molar-refractivity contribution is 7.13. The van der Waals surface area contributed by atoms with Gasteiger partial charge in [0.05, 0.1) is 10.4 Å². The van der Waals surface area contributed by atoms with Crippen LogP contribution in [0, 0.1) is 5.92 Å². The quantitative estimate of drug-likeness (QED) is 0.653. The third kappa shape index (κ3) is 3.26. The number of carbonyl (C=O) groups excluding carboxylic acids is 1. The Bertz CT molecular complexity index is 880. The first-order chi connectivity index (χ1) is 12.2. The van der Waals surface area contributed by atoms with E-state index in [1.54, 1.807) is 23.5 Å². The van der Waals surface area contributed by atoms with E-state index >= 15 is 0 Å². The molecule has 0 aliphatic heterocycles. The first-order valence-corrected chi connectivity index (χ1v) is 9.64. The number of nitrogens with one attached hydrogen (secondary N) is 2. The maximum Gasteiger partial charge on any atom is 0.253 e. The molecule has 2 aromatic heterocycles. The second-order valence-electron chi connectivity index (χ2n) is 6.63. The van der Waals surface area contributed by atoms with Crippen LogP contribution in [0.2, 0.25) is 0 Å². The van der Waals surface area contributed by atoms with Gasteiger partial charge in [0, 0.05) is 6.54 Å². The molecule has 25 heavy (non-hydrogen) atoms. The second kappa shape index (κ2) is 6.88. The van der Waals surface area contributed by atoms with Gasteiger partial charge in [-0.2, -0.15) is 0 Å². The van der Waals surface area contributed by atoms with Crippen LogP contribution in [-0.2, 0) is 0 Å². The third-order valence-electron chi connectivity index (χ3n) is 4.90. The van der Waals surface area contributed by atoms with Gasteiger partial charge in [-0.15, -0.1) is 11.3 Å². The maximum atomic E-state index is 12.7. The van der Waals surface area contributed by atoms with Gasteiger partial charge in [0.2, 0.25) is 0 Å². The molecule has 6 heteroatoms. The Hall–Kier alpha value is -2.34. The van der Waals surface area contributed by atoms with Crippen molar-refractivity contribution >= 4 is 28.3 Å². The average Bonchev–Trinajstić information content (AvgIpc) is 3.30. The average molecular weight is 355 g/mol. The van der Waals surface area contributed by atoms with E-state index in [1.165, 1.54) is 32.1 Å². The molecule has 0 spiro atoms. The molecular formula is C19H21N3O2S.